The number of aryl methyl sites for hydroxylation is 1. The minimum absolute atomic E-state index is 0.0486. The van der Waals surface area contributed by atoms with Gasteiger partial charge in [0.1, 0.15) is 5.82 Å². The predicted molar refractivity (Wildman–Crippen MR) is 82.5 cm³/mol. The molecule has 1 aliphatic carbocycles. The molecular formula is C17H19N3O2. The molecule has 2 aromatic rings. The monoisotopic (exact) mass is 297 g/mol. The summed E-state index contributed by atoms with van der Waals surface area (Å²) in [7, 11) is 0. The first kappa shape index (κ1) is 12.4. The standard InChI is InChI=1S/C17H19N3O2/c1-5-17(6-1,12-3-4-13-14(9-12)22-11-21-13)15-10-16-18-7-2-8-20(16)19-15/h3-4,9-10,18H,1-2,5-8,11H2. The molecule has 2 aliphatic heterocycles. The summed E-state index contributed by atoms with van der Waals surface area (Å²) in [5.74, 6) is 2.88. The Kier molecular flexibility index (Phi) is 2.48. The average molecular weight is 297 g/mol. The van der Waals surface area contributed by atoms with Crippen LogP contribution in [0, 0.1) is 0 Å². The van der Waals surface area contributed by atoms with Gasteiger partial charge in [0.15, 0.2) is 11.5 Å². The number of benzene rings is 1. The van der Waals surface area contributed by atoms with Gasteiger partial charge in [0.25, 0.3) is 0 Å². The van der Waals surface area contributed by atoms with Crippen LogP contribution in [0.2, 0.25) is 0 Å². The molecule has 0 radical (unpaired) electrons. The summed E-state index contributed by atoms with van der Waals surface area (Å²) in [6.45, 7) is 2.39. The van der Waals surface area contributed by atoms with Gasteiger partial charge in [-0.3, -0.25) is 0 Å². The number of nitrogens with zero attached hydrogens (tertiary/aromatic N) is 2. The number of rotatable bonds is 2. The van der Waals surface area contributed by atoms with E-state index in [0.717, 1.165) is 49.7 Å². The van der Waals surface area contributed by atoms with Gasteiger partial charge in [-0.15, -0.1) is 0 Å². The van der Waals surface area contributed by atoms with Gasteiger partial charge in [0, 0.05) is 24.6 Å². The molecule has 3 aliphatic rings. The lowest BCUT2D eigenvalue weighted by atomic mass is 9.62. The van der Waals surface area contributed by atoms with E-state index in [-0.39, 0.29) is 5.41 Å². The van der Waals surface area contributed by atoms with E-state index in [1.807, 2.05) is 6.07 Å². The van der Waals surface area contributed by atoms with Gasteiger partial charge in [0.05, 0.1) is 5.69 Å². The Labute approximate surface area is 129 Å². The number of hydrogen-bond acceptors (Lipinski definition) is 4. The minimum Gasteiger partial charge on any atom is -0.454 e. The molecule has 22 heavy (non-hydrogen) atoms. The summed E-state index contributed by atoms with van der Waals surface area (Å²) in [4.78, 5) is 0. The molecular weight excluding hydrogens is 278 g/mol. The summed E-state index contributed by atoms with van der Waals surface area (Å²) < 4.78 is 13.1. The Morgan fingerprint density at radius 2 is 2.00 bits per heavy atom. The van der Waals surface area contributed by atoms with Crippen LogP contribution in [-0.4, -0.2) is 23.1 Å². The van der Waals surface area contributed by atoms with Crippen LogP contribution < -0.4 is 14.8 Å². The number of fused-ring (bicyclic) bond motifs is 2. The van der Waals surface area contributed by atoms with Crippen molar-refractivity contribution in [3.63, 3.8) is 0 Å². The summed E-state index contributed by atoms with van der Waals surface area (Å²) in [6.07, 6.45) is 4.71. The molecule has 114 valence electrons. The third-order valence-electron chi connectivity index (χ3n) is 5.26. The highest BCUT2D eigenvalue weighted by Crippen LogP contribution is 2.50. The van der Waals surface area contributed by atoms with Crippen LogP contribution in [0.1, 0.15) is 36.9 Å². The number of ether oxygens (including phenoxy) is 2. The fourth-order valence-corrected chi connectivity index (χ4v) is 3.83. The largest absolute Gasteiger partial charge is 0.454 e. The minimum atomic E-state index is 0.0486. The molecule has 1 saturated carbocycles. The molecule has 1 N–H and O–H groups in total. The van der Waals surface area contributed by atoms with Crippen molar-refractivity contribution >= 4 is 5.82 Å². The third kappa shape index (κ3) is 1.62. The molecule has 5 nitrogen and oxygen atoms in total. The smallest absolute Gasteiger partial charge is 0.231 e. The number of hydrogen-bond donors (Lipinski definition) is 1. The highest BCUT2D eigenvalue weighted by Gasteiger charge is 2.43. The van der Waals surface area contributed by atoms with Crippen molar-refractivity contribution in [2.75, 3.05) is 18.7 Å². The van der Waals surface area contributed by atoms with E-state index in [9.17, 15) is 0 Å². The van der Waals surface area contributed by atoms with Crippen molar-refractivity contribution in [3.8, 4) is 11.5 Å². The number of nitrogens with one attached hydrogen (secondary N) is 1. The van der Waals surface area contributed by atoms with Crippen LogP contribution in [-0.2, 0) is 12.0 Å². The zero-order valence-corrected chi connectivity index (χ0v) is 12.5. The van der Waals surface area contributed by atoms with Crippen molar-refractivity contribution in [3.05, 3.63) is 35.5 Å². The average Bonchev–Trinajstić information content (AvgIpc) is 3.11. The maximum Gasteiger partial charge on any atom is 0.231 e. The molecule has 0 saturated heterocycles. The molecule has 5 rings (SSSR count). The summed E-state index contributed by atoms with van der Waals surface area (Å²) in [6, 6.07) is 8.60. The van der Waals surface area contributed by atoms with Crippen LogP contribution >= 0.6 is 0 Å². The second-order valence-electron chi connectivity index (χ2n) is 6.42. The quantitative estimate of drug-likeness (QED) is 0.926. The molecule has 1 aromatic heterocycles. The van der Waals surface area contributed by atoms with Crippen molar-refractivity contribution in [1.82, 2.24) is 9.78 Å². The Hall–Kier alpha value is -2.17. The highest BCUT2D eigenvalue weighted by atomic mass is 16.7. The summed E-state index contributed by atoms with van der Waals surface area (Å²) in [5.41, 5.74) is 2.55. The summed E-state index contributed by atoms with van der Waals surface area (Å²) >= 11 is 0. The molecule has 1 aromatic carbocycles. The van der Waals surface area contributed by atoms with E-state index < -0.39 is 0 Å². The van der Waals surface area contributed by atoms with Gasteiger partial charge in [-0.25, -0.2) is 4.68 Å². The summed E-state index contributed by atoms with van der Waals surface area (Å²) in [5, 5.41) is 8.35. The number of anilines is 1. The first-order chi connectivity index (χ1) is 10.9. The van der Waals surface area contributed by atoms with Gasteiger partial charge in [-0.1, -0.05) is 12.5 Å². The Bertz CT molecular complexity index is 710. The molecule has 0 unspecified atom stereocenters. The molecule has 0 atom stereocenters. The SMILES string of the molecule is c1cc2c(cc1C1(c3cc4n(n3)CCCN4)CCC1)OCO2. The number of aromatic nitrogens is 2. The molecule has 0 bridgehead atoms. The Morgan fingerprint density at radius 1 is 1.09 bits per heavy atom. The lowest BCUT2D eigenvalue weighted by Crippen LogP contribution is -2.36. The molecule has 0 amide bonds. The zero-order chi connectivity index (χ0) is 14.6. The first-order valence-electron chi connectivity index (χ1n) is 8.08. The Morgan fingerprint density at radius 3 is 2.82 bits per heavy atom. The van der Waals surface area contributed by atoms with Crippen molar-refractivity contribution in [2.45, 2.75) is 37.6 Å². The molecule has 1 fully saturated rings. The van der Waals surface area contributed by atoms with Crippen LogP contribution in [0.5, 0.6) is 11.5 Å². The van der Waals surface area contributed by atoms with Gasteiger partial charge in [-0.2, -0.15) is 5.10 Å². The fourth-order valence-electron chi connectivity index (χ4n) is 3.83. The van der Waals surface area contributed by atoms with Gasteiger partial charge >= 0.3 is 0 Å². The topological polar surface area (TPSA) is 48.3 Å². The van der Waals surface area contributed by atoms with E-state index in [2.05, 4.69) is 28.2 Å². The zero-order valence-electron chi connectivity index (χ0n) is 12.5. The van der Waals surface area contributed by atoms with Gasteiger partial charge in [0.2, 0.25) is 6.79 Å². The second-order valence-corrected chi connectivity index (χ2v) is 6.42. The lowest BCUT2D eigenvalue weighted by Gasteiger charge is -2.41. The van der Waals surface area contributed by atoms with Gasteiger partial charge < -0.3 is 14.8 Å². The predicted octanol–water partition coefficient (Wildman–Crippen LogP) is 2.90. The molecule has 0 spiro atoms. The van der Waals surface area contributed by atoms with E-state index >= 15 is 0 Å². The van der Waals surface area contributed by atoms with E-state index in [0.29, 0.717) is 6.79 Å². The van der Waals surface area contributed by atoms with Crippen molar-refractivity contribution in [1.29, 1.82) is 0 Å². The normalized spacial score (nSPS) is 20.9. The highest BCUT2D eigenvalue weighted by molar-refractivity contribution is 5.51. The van der Waals surface area contributed by atoms with Crippen molar-refractivity contribution in [2.24, 2.45) is 0 Å². The van der Waals surface area contributed by atoms with E-state index in [1.54, 1.807) is 0 Å². The maximum atomic E-state index is 5.56. The third-order valence-corrected chi connectivity index (χ3v) is 5.26. The van der Waals surface area contributed by atoms with Crippen LogP contribution in [0.25, 0.3) is 0 Å². The lowest BCUT2D eigenvalue weighted by molar-refractivity contribution is 0.173. The molecule has 3 heterocycles. The molecule has 5 heteroatoms. The Balaban J connectivity index is 1.59. The fraction of sp³-hybridized carbons (Fsp3) is 0.471. The van der Waals surface area contributed by atoms with E-state index in [4.69, 9.17) is 14.6 Å². The van der Waals surface area contributed by atoms with Crippen LogP contribution in [0.3, 0.4) is 0 Å². The van der Waals surface area contributed by atoms with E-state index in [1.165, 1.54) is 17.7 Å². The first-order valence-corrected chi connectivity index (χ1v) is 8.08. The second kappa shape index (κ2) is 4.41. The van der Waals surface area contributed by atoms with Crippen molar-refractivity contribution < 1.29 is 9.47 Å². The maximum absolute atomic E-state index is 5.56. The van der Waals surface area contributed by atoms with Crippen LogP contribution in [0.4, 0.5) is 5.82 Å². The van der Waals surface area contributed by atoms with Crippen LogP contribution in [0.15, 0.2) is 24.3 Å². The van der Waals surface area contributed by atoms with Gasteiger partial charge in [-0.05, 0) is 37.0 Å².